The van der Waals surface area contributed by atoms with E-state index in [4.69, 9.17) is 5.73 Å². The van der Waals surface area contributed by atoms with E-state index < -0.39 is 0 Å². The van der Waals surface area contributed by atoms with Crippen molar-refractivity contribution in [2.45, 2.75) is 13.1 Å². The topological polar surface area (TPSA) is 29.3 Å². The molecule has 4 heteroatoms. The summed E-state index contributed by atoms with van der Waals surface area (Å²) < 4.78 is 2.38. The molecule has 3 rings (SSSR count). The molecule has 92 valence electrons. The second-order valence-electron chi connectivity index (χ2n) is 4.48. The van der Waals surface area contributed by atoms with Crippen molar-refractivity contribution in [1.82, 2.24) is 0 Å². The van der Waals surface area contributed by atoms with E-state index in [1.165, 1.54) is 20.4 Å². The van der Waals surface area contributed by atoms with E-state index in [2.05, 4.69) is 73.8 Å². The van der Waals surface area contributed by atoms with Crippen molar-refractivity contribution in [3.63, 3.8) is 0 Å². The predicted octanol–water partition coefficient (Wildman–Crippen LogP) is 4.16. The van der Waals surface area contributed by atoms with Gasteiger partial charge in [-0.15, -0.1) is 0 Å². The van der Waals surface area contributed by atoms with Crippen LogP contribution in [0.15, 0.2) is 40.9 Å². The molecule has 0 amide bonds. The third-order valence-electron chi connectivity index (χ3n) is 3.22. The van der Waals surface area contributed by atoms with Gasteiger partial charge in [0, 0.05) is 32.5 Å². The van der Waals surface area contributed by atoms with Crippen molar-refractivity contribution < 1.29 is 0 Å². The summed E-state index contributed by atoms with van der Waals surface area (Å²) in [5, 5.41) is 0. The minimum atomic E-state index is 0.847. The van der Waals surface area contributed by atoms with Gasteiger partial charge >= 0.3 is 0 Å². The van der Waals surface area contributed by atoms with E-state index in [0.29, 0.717) is 0 Å². The Morgan fingerprint density at radius 2 is 1.83 bits per heavy atom. The normalized spacial score (nSPS) is 13.8. The quantitative estimate of drug-likeness (QED) is 0.560. The molecule has 0 saturated carbocycles. The molecule has 2 aromatic carbocycles. The van der Waals surface area contributed by atoms with Crippen LogP contribution in [0, 0.1) is 3.57 Å². The van der Waals surface area contributed by atoms with Gasteiger partial charge in [-0.2, -0.15) is 0 Å². The molecule has 0 radical (unpaired) electrons. The van der Waals surface area contributed by atoms with E-state index in [0.717, 1.165) is 23.2 Å². The Morgan fingerprint density at radius 1 is 1.06 bits per heavy atom. The Balaban J connectivity index is 1.91. The fraction of sp³-hybridized carbons (Fsp3) is 0.143. The SMILES string of the molecule is Nc1ccc2c(c1)CN(c1ccc(I)c(Br)c1)C2. The standard InChI is InChI=1S/C14H12BrIN2/c15-13-6-12(3-4-14(13)16)18-7-9-1-2-11(17)5-10(9)8-18/h1-6H,7-8,17H2. The molecule has 0 spiro atoms. The van der Waals surface area contributed by atoms with Crippen LogP contribution in [-0.2, 0) is 13.1 Å². The number of anilines is 2. The summed E-state index contributed by atoms with van der Waals surface area (Å²) >= 11 is 5.91. The maximum Gasteiger partial charge on any atom is 0.0437 e. The van der Waals surface area contributed by atoms with Crippen LogP contribution in [0.2, 0.25) is 0 Å². The number of halogens is 2. The lowest BCUT2D eigenvalue weighted by atomic mass is 10.1. The third-order valence-corrected chi connectivity index (χ3v) is 5.56. The zero-order valence-electron chi connectivity index (χ0n) is 9.66. The highest BCUT2D eigenvalue weighted by atomic mass is 127. The number of fused-ring (bicyclic) bond motifs is 1. The second-order valence-corrected chi connectivity index (χ2v) is 6.50. The molecule has 0 bridgehead atoms. The summed E-state index contributed by atoms with van der Waals surface area (Å²) in [5.41, 5.74) is 10.6. The van der Waals surface area contributed by atoms with Crippen LogP contribution >= 0.6 is 38.5 Å². The van der Waals surface area contributed by atoms with Crippen molar-refractivity contribution in [3.8, 4) is 0 Å². The molecular formula is C14H12BrIN2. The number of nitrogen functional groups attached to an aromatic ring is 1. The highest BCUT2D eigenvalue weighted by molar-refractivity contribution is 14.1. The highest BCUT2D eigenvalue weighted by Crippen LogP contribution is 2.32. The summed E-state index contributed by atoms with van der Waals surface area (Å²) in [5.74, 6) is 0. The number of hydrogen-bond donors (Lipinski definition) is 1. The van der Waals surface area contributed by atoms with Crippen LogP contribution in [0.4, 0.5) is 11.4 Å². The van der Waals surface area contributed by atoms with Gasteiger partial charge < -0.3 is 10.6 Å². The monoisotopic (exact) mass is 414 g/mol. The maximum atomic E-state index is 5.83. The maximum absolute atomic E-state index is 5.83. The Hall–Kier alpha value is -0.750. The van der Waals surface area contributed by atoms with E-state index in [-0.39, 0.29) is 0 Å². The molecule has 0 unspecified atom stereocenters. The lowest BCUT2D eigenvalue weighted by molar-refractivity contribution is 0.880. The number of nitrogens with zero attached hydrogens (tertiary/aromatic N) is 1. The molecule has 2 aromatic rings. The van der Waals surface area contributed by atoms with Gasteiger partial charge in [-0.25, -0.2) is 0 Å². The van der Waals surface area contributed by atoms with Gasteiger partial charge in [-0.1, -0.05) is 6.07 Å². The predicted molar refractivity (Wildman–Crippen MR) is 87.6 cm³/mol. The Labute approximate surface area is 128 Å². The average Bonchev–Trinajstić information content (AvgIpc) is 2.75. The first-order valence-electron chi connectivity index (χ1n) is 5.71. The Kier molecular flexibility index (Phi) is 3.23. The van der Waals surface area contributed by atoms with E-state index >= 15 is 0 Å². The Bertz CT molecular complexity index is 613. The summed E-state index contributed by atoms with van der Waals surface area (Å²) in [6.07, 6.45) is 0. The average molecular weight is 415 g/mol. The fourth-order valence-electron chi connectivity index (χ4n) is 2.28. The van der Waals surface area contributed by atoms with Gasteiger partial charge in [0.25, 0.3) is 0 Å². The summed E-state index contributed by atoms with van der Waals surface area (Å²) in [6, 6.07) is 12.7. The zero-order valence-corrected chi connectivity index (χ0v) is 13.4. The molecule has 0 aromatic heterocycles. The van der Waals surface area contributed by atoms with Crippen LogP contribution in [0.3, 0.4) is 0 Å². The van der Waals surface area contributed by atoms with Gasteiger partial charge in [0.05, 0.1) is 0 Å². The molecule has 2 N–H and O–H groups in total. The molecule has 0 atom stereocenters. The summed E-state index contributed by atoms with van der Waals surface area (Å²) in [4.78, 5) is 2.37. The molecular weight excluding hydrogens is 403 g/mol. The van der Waals surface area contributed by atoms with Crippen molar-refractivity contribution in [2.24, 2.45) is 0 Å². The van der Waals surface area contributed by atoms with Gasteiger partial charge in [0.15, 0.2) is 0 Å². The number of rotatable bonds is 1. The molecule has 0 fully saturated rings. The third kappa shape index (κ3) is 2.23. The van der Waals surface area contributed by atoms with Gasteiger partial charge in [0.1, 0.15) is 0 Å². The van der Waals surface area contributed by atoms with E-state index in [1.54, 1.807) is 0 Å². The van der Waals surface area contributed by atoms with Crippen LogP contribution in [0.25, 0.3) is 0 Å². The molecule has 18 heavy (non-hydrogen) atoms. The molecule has 1 aliphatic heterocycles. The van der Waals surface area contributed by atoms with Crippen molar-refractivity contribution in [3.05, 3.63) is 55.6 Å². The van der Waals surface area contributed by atoms with Gasteiger partial charge in [-0.05, 0) is 80.0 Å². The summed E-state index contributed by atoms with van der Waals surface area (Å²) in [6.45, 7) is 1.90. The number of hydrogen-bond acceptors (Lipinski definition) is 2. The lowest BCUT2D eigenvalue weighted by Crippen LogP contribution is -2.14. The Morgan fingerprint density at radius 3 is 2.61 bits per heavy atom. The zero-order chi connectivity index (χ0) is 12.7. The van der Waals surface area contributed by atoms with Crippen LogP contribution in [0.5, 0.6) is 0 Å². The van der Waals surface area contributed by atoms with Gasteiger partial charge in [-0.3, -0.25) is 0 Å². The molecule has 1 aliphatic rings. The highest BCUT2D eigenvalue weighted by Gasteiger charge is 2.19. The minimum Gasteiger partial charge on any atom is -0.399 e. The number of benzene rings is 2. The first-order chi connectivity index (χ1) is 8.63. The van der Waals surface area contributed by atoms with Crippen LogP contribution in [0.1, 0.15) is 11.1 Å². The molecule has 2 nitrogen and oxygen atoms in total. The van der Waals surface area contributed by atoms with Crippen molar-refractivity contribution >= 4 is 49.9 Å². The van der Waals surface area contributed by atoms with Crippen molar-refractivity contribution in [2.75, 3.05) is 10.6 Å². The lowest BCUT2D eigenvalue weighted by Gasteiger charge is -2.18. The van der Waals surface area contributed by atoms with E-state index in [1.807, 2.05) is 6.07 Å². The first-order valence-corrected chi connectivity index (χ1v) is 7.58. The molecule has 0 aliphatic carbocycles. The summed E-state index contributed by atoms with van der Waals surface area (Å²) in [7, 11) is 0. The first kappa shape index (κ1) is 12.3. The van der Waals surface area contributed by atoms with Crippen LogP contribution in [-0.4, -0.2) is 0 Å². The van der Waals surface area contributed by atoms with Crippen LogP contribution < -0.4 is 10.6 Å². The van der Waals surface area contributed by atoms with Gasteiger partial charge in [0.2, 0.25) is 0 Å². The van der Waals surface area contributed by atoms with E-state index in [9.17, 15) is 0 Å². The largest absolute Gasteiger partial charge is 0.399 e. The smallest absolute Gasteiger partial charge is 0.0437 e. The van der Waals surface area contributed by atoms with Crippen molar-refractivity contribution in [1.29, 1.82) is 0 Å². The molecule has 1 heterocycles. The fourth-order valence-corrected chi connectivity index (χ4v) is 2.98. The second kappa shape index (κ2) is 4.74. The molecule has 0 saturated heterocycles. The minimum absolute atomic E-state index is 0.847. The number of nitrogens with two attached hydrogens (primary N) is 1.